The van der Waals surface area contributed by atoms with E-state index in [4.69, 9.17) is 0 Å². The van der Waals surface area contributed by atoms with Crippen LogP contribution in [-0.2, 0) is 9.74 Å². The van der Waals surface area contributed by atoms with E-state index in [0.29, 0.717) is 5.69 Å². The van der Waals surface area contributed by atoms with Crippen LogP contribution in [0.15, 0.2) is 70.4 Å². The van der Waals surface area contributed by atoms with Crippen LogP contribution in [0.3, 0.4) is 0 Å². The minimum absolute atomic E-state index is 0.177. The summed E-state index contributed by atoms with van der Waals surface area (Å²) < 4.78 is 11.7. The van der Waals surface area contributed by atoms with Crippen LogP contribution in [0.25, 0.3) is 6.08 Å². The number of halogens is 1. The van der Waals surface area contributed by atoms with E-state index in [1.807, 2.05) is 30.3 Å². The van der Waals surface area contributed by atoms with Gasteiger partial charge in [-0.1, -0.05) is 30.3 Å². The van der Waals surface area contributed by atoms with Gasteiger partial charge in [0.25, 0.3) is 0 Å². The van der Waals surface area contributed by atoms with Crippen LogP contribution in [0, 0.1) is 0 Å². The monoisotopic (exact) mass is 284 g/mol. The van der Waals surface area contributed by atoms with Crippen molar-refractivity contribution in [2.75, 3.05) is 0 Å². The molecule has 0 spiro atoms. The Balaban J connectivity index is 2.09. The van der Waals surface area contributed by atoms with E-state index < -0.39 is 5.97 Å². The molecule has 0 N–H and O–H groups in total. The molecule has 0 atom stereocenters. The summed E-state index contributed by atoms with van der Waals surface area (Å²) in [4.78, 5) is 14.1. The van der Waals surface area contributed by atoms with Crippen molar-refractivity contribution in [1.82, 2.24) is 0 Å². The predicted octanol–water partition coefficient (Wildman–Crippen LogP) is 4.93. The first-order valence-corrected chi connectivity index (χ1v) is 6.27. The van der Waals surface area contributed by atoms with Crippen molar-refractivity contribution >= 4 is 23.4 Å². The molecule has 0 aromatic heterocycles. The van der Waals surface area contributed by atoms with Gasteiger partial charge in [0.05, 0.1) is 11.4 Å². The van der Waals surface area contributed by atoms with Gasteiger partial charge in [0.2, 0.25) is 0 Å². The molecule has 21 heavy (non-hydrogen) atoms. The molecular weight excluding hydrogens is 271 g/mol. The van der Waals surface area contributed by atoms with Gasteiger partial charge in [-0.3, -0.25) is 0 Å². The van der Waals surface area contributed by atoms with E-state index in [1.165, 1.54) is 13.0 Å². The van der Waals surface area contributed by atoms with Crippen molar-refractivity contribution in [2.45, 2.75) is 6.92 Å². The highest BCUT2D eigenvalue weighted by Gasteiger charge is 2.05. The molecule has 0 saturated carbocycles. The van der Waals surface area contributed by atoms with Gasteiger partial charge in [0.15, 0.2) is 0 Å². The third-order valence-electron chi connectivity index (χ3n) is 2.71. The highest BCUT2D eigenvalue weighted by atomic mass is 19.3. The van der Waals surface area contributed by atoms with Gasteiger partial charge in [0, 0.05) is 10.1 Å². The highest BCUT2D eigenvalue weighted by molar-refractivity contribution is 5.92. The molecule has 0 fully saturated rings. The Labute approximate surface area is 121 Å². The standard InChI is InChI=1S/C16H13FN2O2/c1-12(16(20)21-17)11-13-7-9-15(10-8-13)19-18-14-5-3-2-4-6-14/h2-11H,1H3/b12-11?,19-18+. The maximum atomic E-state index is 11.7. The van der Waals surface area contributed by atoms with Crippen LogP contribution in [0.4, 0.5) is 15.9 Å². The first-order valence-electron chi connectivity index (χ1n) is 6.27. The Hall–Kier alpha value is -2.82. The summed E-state index contributed by atoms with van der Waals surface area (Å²) >= 11 is 0. The Morgan fingerprint density at radius 3 is 2.14 bits per heavy atom. The lowest BCUT2D eigenvalue weighted by molar-refractivity contribution is -0.178. The normalized spacial score (nSPS) is 11.6. The summed E-state index contributed by atoms with van der Waals surface area (Å²) in [5, 5.41) is 8.20. The fourth-order valence-corrected chi connectivity index (χ4v) is 1.62. The third-order valence-corrected chi connectivity index (χ3v) is 2.71. The Kier molecular flexibility index (Phi) is 4.93. The smallest absolute Gasteiger partial charge is 0.250 e. The van der Waals surface area contributed by atoms with Crippen LogP contribution in [0.2, 0.25) is 0 Å². The Bertz CT molecular complexity index is 664. The lowest BCUT2D eigenvalue weighted by Crippen LogP contribution is -1.98. The van der Waals surface area contributed by atoms with Crippen molar-refractivity contribution < 1.29 is 14.3 Å². The van der Waals surface area contributed by atoms with Gasteiger partial charge in [0.1, 0.15) is 0 Å². The lowest BCUT2D eigenvalue weighted by atomic mass is 10.1. The number of benzene rings is 2. The molecule has 0 aliphatic heterocycles. The van der Waals surface area contributed by atoms with Crippen molar-refractivity contribution in [2.24, 2.45) is 10.2 Å². The van der Waals surface area contributed by atoms with Gasteiger partial charge in [-0.15, -0.1) is 0 Å². The number of nitrogens with zero attached hydrogens (tertiary/aromatic N) is 2. The van der Waals surface area contributed by atoms with E-state index in [0.717, 1.165) is 11.3 Å². The SMILES string of the molecule is CC(=Cc1ccc(/N=N/c2ccccc2)cc1)C(=O)OF. The summed E-state index contributed by atoms with van der Waals surface area (Å²) in [5.41, 5.74) is 2.37. The van der Waals surface area contributed by atoms with Crippen molar-refractivity contribution in [1.29, 1.82) is 0 Å². The number of carbonyl (C=O) groups excluding carboxylic acids is 1. The quantitative estimate of drug-likeness (QED) is 0.590. The Morgan fingerprint density at radius 2 is 1.57 bits per heavy atom. The van der Waals surface area contributed by atoms with Crippen LogP contribution in [0.5, 0.6) is 0 Å². The number of azo groups is 1. The Morgan fingerprint density at radius 1 is 1.00 bits per heavy atom. The molecule has 0 radical (unpaired) electrons. The largest absolute Gasteiger partial charge is 0.375 e. The minimum Gasteiger partial charge on any atom is -0.250 e. The average Bonchev–Trinajstić information content (AvgIpc) is 2.54. The molecular formula is C16H13FN2O2. The predicted molar refractivity (Wildman–Crippen MR) is 77.9 cm³/mol. The van der Waals surface area contributed by atoms with Crippen LogP contribution in [-0.4, -0.2) is 5.97 Å². The van der Waals surface area contributed by atoms with Crippen molar-refractivity contribution in [3.8, 4) is 0 Å². The molecule has 0 saturated heterocycles. The topological polar surface area (TPSA) is 51.0 Å². The fourth-order valence-electron chi connectivity index (χ4n) is 1.62. The number of carbonyl (C=O) groups is 1. The molecule has 0 aliphatic rings. The second kappa shape index (κ2) is 7.09. The maximum absolute atomic E-state index is 11.7. The molecule has 0 unspecified atom stereocenters. The summed E-state index contributed by atoms with van der Waals surface area (Å²) in [7, 11) is 0. The van der Waals surface area contributed by atoms with E-state index >= 15 is 0 Å². The van der Waals surface area contributed by atoms with Gasteiger partial charge in [-0.05, 0) is 42.8 Å². The van der Waals surface area contributed by atoms with Crippen LogP contribution in [0.1, 0.15) is 12.5 Å². The first kappa shape index (κ1) is 14.6. The van der Waals surface area contributed by atoms with Crippen molar-refractivity contribution in [3.05, 3.63) is 65.7 Å². The van der Waals surface area contributed by atoms with Gasteiger partial charge in [-0.25, -0.2) is 9.74 Å². The summed E-state index contributed by atoms with van der Waals surface area (Å²) in [6.07, 6.45) is 1.53. The molecule has 106 valence electrons. The highest BCUT2D eigenvalue weighted by Crippen LogP contribution is 2.19. The van der Waals surface area contributed by atoms with Gasteiger partial charge < -0.3 is 0 Å². The average molecular weight is 284 g/mol. The number of rotatable bonds is 4. The van der Waals surface area contributed by atoms with E-state index in [2.05, 4.69) is 15.2 Å². The van der Waals surface area contributed by atoms with Crippen LogP contribution < -0.4 is 0 Å². The molecule has 0 heterocycles. The zero-order chi connectivity index (χ0) is 15.1. The van der Waals surface area contributed by atoms with Crippen LogP contribution >= 0.6 is 0 Å². The van der Waals surface area contributed by atoms with E-state index in [-0.39, 0.29) is 5.57 Å². The van der Waals surface area contributed by atoms with Gasteiger partial charge >= 0.3 is 5.97 Å². The molecule has 5 heteroatoms. The van der Waals surface area contributed by atoms with E-state index in [9.17, 15) is 9.32 Å². The molecule has 2 aromatic rings. The molecule has 4 nitrogen and oxygen atoms in total. The second-order valence-electron chi connectivity index (χ2n) is 4.32. The summed E-state index contributed by atoms with van der Waals surface area (Å²) in [6, 6.07) is 16.4. The minimum atomic E-state index is -0.997. The molecule has 0 aliphatic carbocycles. The fraction of sp³-hybridized carbons (Fsp3) is 0.0625. The molecule has 0 amide bonds. The lowest BCUT2D eigenvalue weighted by Gasteiger charge is -1.97. The van der Waals surface area contributed by atoms with Crippen molar-refractivity contribution in [3.63, 3.8) is 0 Å². The zero-order valence-corrected chi connectivity index (χ0v) is 11.4. The maximum Gasteiger partial charge on any atom is 0.375 e. The third kappa shape index (κ3) is 4.35. The van der Waals surface area contributed by atoms with Gasteiger partial charge in [-0.2, -0.15) is 10.2 Å². The second-order valence-corrected chi connectivity index (χ2v) is 4.32. The summed E-state index contributed by atoms with van der Waals surface area (Å²) in [5.74, 6) is -0.997. The molecule has 2 aromatic carbocycles. The number of hydrogen-bond acceptors (Lipinski definition) is 4. The van der Waals surface area contributed by atoms with E-state index in [1.54, 1.807) is 24.3 Å². The molecule has 0 bridgehead atoms. The first-order chi connectivity index (χ1) is 10.2. The molecule has 2 rings (SSSR count). The summed E-state index contributed by atoms with van der Waals surface area (Å²) in [6.45, 7) is 1.48. The number of hydrogen-bond donors (Lipinski definition) is 0. The zero-order valence-electron chi connectivity index (χ0n) is 11.4.